The van der Waals surface area contributed by atoms with Crippen LogP contribution in [0.15, 0.2) is 17.8 Å². The van der Waals surface area contributed by atoms with Crippen LogP contribution >= 0.6 is 11.3 Å². The maximum absolute atomic E-state index is 12.6. The molecule has 0 amide bonds. The van der Waals surface area contributed by atoms with E-state index in [9.17, 15) is 18.3 Å². The first kappa shape index (κ1) is 14.8. The summed E-state index contributed by atoms with van der Waals surface area (Å²) in [7, 11) is 0. The molecule has 0 radical (unpaired) electrons. The zero-order valence-electron chi connectivity index (χ0n) is 11.4. The van der Waals surface area contributed by atoms with E-state index in [0.29, 0.717) is 19.3 Å². The molecule has 3 rings (SSSR count). The fraction of sp³-hybridized carbons (Fsp3) is 0.643. The summed E-state index contributed by atoms with van der Waals surface area (Å²) in [6, 6.07) is 0. The van der Waals surface area contributed by atoms with Gasteiger partial charge in [0.15, 0.2) is 4.96 Å². The number of hydrogen-bond acceptors (Lipinski definition) is 3. The minimum Gasteiger partial charge on any atom is -0.392 e. The van der Waals surface area contributed by atoms with E-state index >= 15 is 0 Å². The SMILES string of the molecule is OC(Cc1cn2ccsc2n1)C1CCC(C(F)(F)F)CC1. The number of aliphatic hydroxyl groups is 1. The number of hydrogen-bond donors (Lipinski definition) is 1. The van der Waals surface area contributed by atoms with Crippen molar-refractivity contribution in [3.63, 3.8) is 0 Å². The summed E-state index contributed by atoms with van der Waals surface area (Å²) in [5, 5.41) is 12.2. The van der Waals surface area contributed by atoms with Crippen LogP contribution in [0.3, 0.4) is 0 Å². The summed E-state index contributed by atoms with van der Waals surface area (Å²) in [4.78, 5) is 5.28. The summed E-state index contributed by atoms with van der Waals surface area (Å²) in [5.74, 6) is -1.25. The average molecular weight is 318 g/mol. The Labute approximate surface area is 124 Å². The Morgan fingerprint density at radius 1 is 1.33 bits per heavy atom. The van der Waals surface area contributed by atoms with Gasteiger partial charge in [0.2, 0.25) is 0 Å². The fourth-order valence-corrected chi connectivity index (χ4v) is 3.81. The first-order chi connectivity index (χ1) is 9.93. The Bertz CT molecular complexity index is 570. The molecule has 116 valence electrons. The average Bonchev–Trinajstić information content (AvgIpc) is 2.98. The summed E-state index contributed by atoms with van der Waals surface area (Å²) in [6.07, 6.45) is 0.616. The van der Waals surface area contributed by atoms with Gasteiger partial charge in [-0.05, 0) is 31.6 Å². The highest BCUT2D eigenvalue weighted by molar-refractivity contribution is 7.15. The van der Waals surface area contributed by atoms with Gasteiger partial charge in [0.05, 0.1) is 17.7 Å². The Balaban J connectivity index is 1.57. The zero-order chi connectivity index (χ0) is 15.0. The van der Waals surface area contributed by atoms with Gasteiger partial charge in [-0.2, -0.15) is 13.2 Å². The van der Waals surface area contributed by atoms with E-state index in [1.807, 2.05) is 22.2 Å². The number of halogens is 3. The fourth-order valence-electron chi connectivity index (χ4n) is 3.09. The van der Waals surface area contributed by atoms with Crippen LogP contribution in [-0.2, 0) is 6.42 Å². The molecule has 0 bridgehead atoms. The highest BCUT2D eigenvalue weighted by Crippen LogP contribution is 2.40. The van der Waals surface area contributed by atoms with Crippen LogP contribution < -0.4 is 0 Å². The van der Waals surface area contributed by atoms with E-state index in [1.54, 1.807) is 0 Å². The van der Waals surface area contributed by atoms with Crippen LogP contribution in [0, 0.1) is 11.8 Å². The topological polar surface area (TPSA) is 37.5 Å². The largest absolute Gasteiger partial charge is 0.392 e. The van der Waals surface area contributed by atoms with E-state index in [0.717, 1.165) is 10.7 Å². The molecule has 7 heteroatoms. The third kappa shape index (κ3) is 3.23. The third-order valence-corrected chi connectivity index (χ3v) is 5.11. The highest BCUT2D eigenvalue weighted by Gasteiger charge is 2.42. The Hall–Kier alpha value is -1.08. The molecule has 1 fully saturated rings. The van der Waals surface area contributed by atoms with Gasteiger partial charge < -0.3 is 5.11 Å². The molecule has 1 N–H and O–H groups in total. The maximum Gasteiger partial charge on any atom is 0.391 e. The molecule has 0 aromatic carbocycles. The normalized spacial score (nSPS) is 25.3. The molecule has 1 aliphatic rings. The molecular formula is C14H17F3N2OS. The third-order valence-electron chi connectivity index (χ3n) is 4.34. The van der Waals surface area contributed by atoms with E-state index in [1.165, 1.54) is 11.3 Å². The summed E-state index contributed by atoms with van der Waals surface area (Å²) in [6.45, 7) is 0. The van der Waals surface area contributed by atoms with Gasteiger partial charge in [0.1, 0.15) is 0 Å². The van der Waals surface area contributed by atoms with Gasteiger partial charge >= 0.3 is 6.18 Å². The summed E-state index contributed by atoms with van der Waals surface area (Å²) < 4.78 is 39.8. The van der Waals surface area contributed by atoms with Crippen LogP contribution in [0.25, 0.3) is 4.96 Å². The van der Waals surface area contributed by atoms with Crippen LogP contribution in [0.4, 0.5) is 13.2 Å². The van der Waals surface area contributed by atoms with Crippen molar-refractivity contribution in [2.24, 2.45) is 11.8 Å². The molecule has 0 spiro atoms. The number of aromatic nitrogens is 2. The van der Waals surface area contributed by atoms with Crippen LogP contribution in [0.2, 0.25) is 0 Å². The molecule has 1 aliphatic carbocycles. The molecule has 0 aliphatic heterocycles. The van der Waals surface area contributed by atoms with Crippen molar-refractivity contribution in [2.75, 3.05) is 0 Å². The molecule has 1 saturated carbocycles. The number of alkyl halides is 3. The second-order valence-corrected chi connectivity index (χ2v) is 6.62. The second kappa shape index (κ2) is 5.61. The minimum atomic E-state index is -4.09. The first-order valence-electron chi connectivity index (χ1n) is 7.09. The van der Waals surface area contributed by atoms with Crippen molar-refractivity contribution >= 4 is 16.3 Å². The Morgan fingerprint density at radius 3 is 2.67 bits per heavy atom. The Morgan fingerprint density at radius 2 is 2.05 bits per heavy atom. The molecule has 2 heterocycles. The quantitative estimate of drug-likeness (QED) is 0.937. The van der Waals surface area contributed by atoms with E-state index in [2.05, 4.69) is 4.98 Å². The molecule has 2 aromatic rings. The van der Waals surface area contributed by atoms with E-state index < -0.39 is 18.2 Å². The predicted octanol–water partition coefficient (Wildman–Crippen LogP) is 3.67. The number of fused-ring (bicyclic) bond motifs is 1. The van der Waals surface area contributed by atoms with E-state index in [4.69, 9.17) is 0 Å². The number of aliphatic hydroxyl groups excluding tert-OH is 1. The lowest BCUT2D eigenvalue weighted by molar-refractivity contribution is -0.185. The molecule has 21 heavy (non-hydrogen) atoms. The van der Waals surface area contributed by atoms with Crippen LogP contribution in [0.1, 0.15) is 31.4 Å². The van der Waals surface area contributed by atoms with Gasteiger partial charge in [-0.1, -0.05) is 0 Å². The second-order valence-electron chi connectivity index (χ2n) is 5.75. The molecule has 1 unspecified atom stereocenters. The lowest BCUT2D eigenvalue weighted by Crippen LogP contribution is -2.32. The Kier molecular flexibility index (Phi) is 3.96. The van der Waals surface area contributed by atoms with Gasteiger partial charge in [-0.15, -0.1) is 11.3 Å². The lowest BCUT2D eigenvalue weighted by Gasteiger charge is -2.32. The highest BCUT2D eigenvalue weighted by atomic mass is 32.1. The van der Waals surface area contributed by atoms with Crippen LogP contribution in [-0.4, -0.2) is 26.8 Å². The van der Waals surface area contributed by atoms with Crippen molar-refractivity contribution in [2.45, 2.75) is 44.4 Å². The van der Waals surface area contributed by atoms with Gasteiger partial charge in [-0.25, -0.2) is 4.98 Å². The lowest BCUT2D eigenvalue weighted by atomic mass is 9.78. The van der Waals surface area contributed by atoms with Crippen molar-refractivity contribution < 1.29 is 18.3 Å². The van der Waals surface area contributed by atoms with Gasteiger partial charge in [0.25, 0.3) is 0 Å². The number of thiazole rings is 1. The number of rotatable bonds is 3. The number of nitrogens with zero attached hydrogens (tertiary/aromatic N) is 2. The standard InChI is InChI=1S/C14H17F3N2OS/c15-14(16,17)10-3-1-9(2-4-10)12(20)7-11-8-19-5-6-21-13(19)18-11/h5-6,8-10,12,20H,1-4,7H2. The van der Waals surface area contributed by atoms with E-state index in [-0.39, 0.29) is 18.8 Å². The summed E-state index contributed by atoms with van der Waals surface area (Å²) in [5.41, 5.74) is 0.798. The molecule has 0 saturated heterocycles. The molecular weight excluding hydrogens is 301 g/mol. The number of imidazole rings is 1. The molecule has 1 atom stereocenters. The van der Waals surface area contributed by atoms with Crippen molar-refractivity contribution in [3.05, 3.63) is 23.5 Å². The maximum atomic E-state index is 12.6. The molecule has 2 aromatic heterocycles. The van der Waals surface area contributed by atoms with Crippen molar-refractivity contribution in [1.29, 1.82) is 0 Å². The minimum absolute atomic E-state index is 0.0525. The first-order valence-corrected chi connectivity index (χ1v) is 7.97. The van der Waals surface area contributed by atoms with Crippen molar-refractivity contribution in [3.8, 4) is 0 Å². The zero-order valence-corrected chi connectivity index (χ0v) is 12.2. The van der Waals surface area contributed by atoms with Gasteiger partial charge in [0, 0.05) is 24.2 Å². The van der Waals surface area contributed by atoms with Gasteiger partial charge in [-0.3, -0.25) is 4.40 Å². The molecule has 3 nitrogen and oxygen atoms in total. The van der Waals surface area contributed by atoms with Crippen molar-refractivity contribution in [1.82, 2.24) is 9.38 Å². The predicted molar refractivity (Wildman–Crippen MR) is 74.3 cm³/mol. The monoisotopic (exact) mass is 318 g/mol. The van der Waals surface area contributed by atoms with Crippen LogP contribution in [0.5, 0.6) is 0 Å². The summed E-state index contributed by atoms with van der Waals surface area (Å²) >= 11 is 1.52. The smallest absolute Gasteiger partial charge is 0.391 e.